The Kier molecular flexibility index (Phi) is 4.73. The molecule has 8 heteroatoms. The summed E-state index contributed by atoms with van der Waals surface area (Å²) in [6.45, 7) is 4.23. The first kappa shape index (κ1) is 20.2. The van der Waals surface area contributed by atoms with Crippen LogP contribution in [0.25, 0.3) is 11.4 Å². The molecule has 2 aliphatic rings. The van der Waals surface area contributed by atoms with Crippen molar-refractivity contribution in [1.29, 1.82) is 0 Å². The van der Waals surface area contributed by atoms with Crippen LogP contribution in [0, 0.1) is 5.41 Å². The van der Waals surface area contributed by atoms with Crippen LogP contribution in [0.2, 0.25) is 0 Å². The summed E-state index contributed by atoms with van der Waals surface area (Å²) < 4.78 is 12.6. The van der Waals surface area contributed by atoms with Gasteiger partial charge in [0.05, 0.1) is 14.2 Å². The lowest BCUT2D eigenvalue weighted by Gasteiger charge is -2.38. The molecule has 0 radical (unpaired) electrons. The zero-order chi connectivity index (χ0) is 22.5. The number of hydrogen-bond donors (Lipinski definition) is 1. The summed E-state index contributed by atoms with van der Waals surface area (Å²) in [5, 5.41) is 8.22. The molecule has 3 aromatic rings. The first-order chi connectivity index (χ1) is 15.4. The zero-order valence-electron chi connectivity index (χ0n) is 18.5. The van der Waals surface area contributed by atoms with Gasteiger partial charge in [0, 0.05) is 41.7 Å². The summed E-state index contributed by atoms with van der Waals surface area (Å²) in [4.78, 5) is 22.2. The maximum atomic E-state index is 13.3. The van der Waals surface area contributed by atoms with Gasteiger partial charge < -0.3 is 14.8 Å². The van der Waals surface area contributed by atoms with Gasteiger partial charge in [-0.2, -0.15) is 4.98 Å². The van der Waals surface area contributed by atoms with E-state index < -0.39 is 0 Å². The molecule has 164 valence electrons. The number of allylic oxidation sites excluding steroid dienone is 2. The number of Topliss-reactive ketones (excluding diaryl/α,β-unsaturated/α-hetero) is 1. The Morgan fingerprint density at radius 1 is 1.06 bits per heavy atom. The van der Waals surface area contributed by atoms with Crippen LogP contribution in [0.3, 0.4) is 0 Å². The highest BCUT2D eigenvalue weighted by Crippen LogP contribution is 2.45. The molecular formula is C24H25N5O3. The van der Waals surface area contributed by atoms with E-state index in [1.54, 1.807) is 37.4 Å². The van der Waals surface area contributed by atoms with Gasteiger partial charge >= 0.3 is 0 Å². The number of ketones is 1. The summed E-state index contributed by atoms with van der Waals surface area (Å²) in [7, 11) is 3.22. The van der Waals surface area contributed by atoms with E-state index in [0.717, 1.165) is 28.8 Å². The average molecular weight is 431 g/mol. The monoisotopic (exact) mass is 431 g/mol. The van der Waals surface area contributed by atoms with Crippen molar-refractivity contribution < 1.29 is 14.3 Å². The second-order valence-electron chi connectivity index (χ2n) is 8.95. The van der Waals surface area contributed by atoms with E-state index in [4.69, 9.17) is 19.6 Å². The maximum absolute atomic E-state index is 13.3. The molecule has 1 N–H and O–H groups in total. The Bertz CT molecular complexity index is 1210. The summed E-state index contributed by atoms with van der Waals surface area (Å²) in [6.07, 6.45) is 4.74. The molecule has 3 heterocycles. The van der Waals surface area contributed by atoms with Gasteiger partial charge in [-0.15, -0.1) is 5.10 Å². The number of nitrogens with one attached hydrogen (secondary N) is 1. The van der Waals surface area contributed by atoms with E-state index in [-0.39, 0.29) is 17.2 Å². The van der Waals surface area contributed by atoms with Gasteiger partial charge in [0.1, 0.15) is 17.5 Å². The highest BCUT2D eigenvalue weighted by Gasteiger charge is 2.41. The Morgan fingerprint density at radius 2 is 1.75 bits per heavy atom. The minimum atomic E-state index is -0.360. The first-order valence-corrected chi connectivity index (χ1v) is 10.5. The third-order valence-electron chi connectivity index (χ3n) is 5.96. The fraction of sp³-hybridized carbons (Fsp3) is 0.333. The van der Waals surface area contributed by atoms with Gasteiger partial charge in [0.15, 0.2) is 11.6 Å². The number of carbonyl (C=O) groups excluding carboxylic acids is 1. The van der Waals surface area contributed by atoms with Crippen molar-refractivity contribution in [1.82, 2.24) is 19.7 Å². The lowest BCUT2D eigenvalue weighted by atomic mass is 9.73. The van der Waals surface area contributed by atoms with Crippen LogP contribution in [-0.2, 0) is 4.79 Å². The van der Waals surface area contributed by atoms with Crippen molar-refractivity contribution >= 4 is 11.7 Å². The highest BCUT2D eigenvalue weighted by atomic mass is 16.5. The molecule has 0 fully saturated rings. The average Bonchev–Trinajstić information content (AvgIpc) is 3.20. The van der Waals surface area contributed by atoms with Crippen LogP contribution >= 0.6 is 0 Å². The number of fused-ring (bicyclic) bond motifs is 1. The topological polar surface area (TPSA) is 91.2 Å². The molecular weight excluding hydrogens is 406 g/mol. The molecule has 0 saturated carbocycles. The lowest BCUT2D eigenvalue weighted by molar-refractivity contribution is -0.118. The minimum absolute atomic E-state index is 0.114. The normalized spacial score (nSPS) is 19.1. The van der Waals surface area contributed by atoms with Crippen LogP contribution in [-0.4, -0.2) is 39.8 Å². The van der Waals surface area contributed by atoms with E-state index in [1.165, 1.54) is 0 Å². The summed E-state index contributed by atoms with van der Waals surface area (Å²) in [6, 6.07) is 9.03. The highest BCUT2D eigenvalue weighted by molar-refractivity contribution is 6.00. The number of carbonyl (C=O) groups is 1. The molecule has 1 atom stereocenters. The Hall–Kier alpha value is -3.68. The third kappa shape index (κ3) is 3.41. The molecule has 2 aromatic heterocycles. The van der Waals surface area contributed by atoms with Crippen molar-refractivity contribution in [2.75, 3.05) is 19.5 Å². The number of pyridine rings is 1. The van der Waals surface area contributed by atoms with Crippen molar-refractivity contribution in [3.63, 3.8) is 0 Å². The SMILES string of the molecule is COc1cc(OC)cc(-c2nc3n(n2)C(c2ccncc2)C2=C(CC(C)(C)CC2=O)N3)c1. The standard InChI is InChI=1S/C24H25N5O3/c1-24(2)12-18-20(19(30)13-24)21(14-5-7-25-8-6-14)29-23(26-18)27-22(28-29)15-9-16(31-3)11-17(10-15)32-4/h5-11,21H,12-13H2,1-4H3,(H,26,27,28). The van der Waals surface area contributed by atoms with Crippen LogP contribution in [0.5, 0.6) is 11.5 Å². The van der Waals surface area contributed by atoms with E-state index >= 15 is 0 Å². The molecule has 32 heavy (non-hydrogen) atoms. The van der Waals surface area contributed by atoms with Gasteiger partial charge in [-0.3, -0.25) is 9.78 Å². The Morgan fingerprint density at radius 3 is 2.41 bits per heavy atom. The van der Waals surface area contributed by atoms with Gasteiger partial charge in [-0.05, 0) is 41.7 Å². The minimum Gasteiger partial charge on any atom is -0.497 e. The Balaban J connectivity index is 1.66. The molecule has 0 amide bonds. The number of ether oxygens (including phenoxy) is 2. The lowest BCUT2D eigenvalue weighted by Crippen LogP contribution is -2.36. The number of benzene rings is 1. The molecule has 1 unspecified atom stereocenters. The predicted octanol–water partition coefficient (Wildman–Crippen LogP) is 4.02. The number of methoxy groups -OCH3 is 2. The van der Waals surface area contributed by atoms with E-state index in [0.29, 0.717) is 29.7 Å². The number of hydrogen-bond acceptors (Lipinski definition) is 7. The zero-order valence-corrected chi connectivity index (χ0v) is 18.5. The number of aromatic nitrogens is 4. The first-order valence-electron chi connectivity index (χ1n) is 10.5. The fourth-order valence-electron chi connectivity index (χ4n) is 4.52. The molecule has 5 rings (SSSR count). The summed E-state index contributed by atoms with van der Waals surface area (Å²) in [5.41, 5.74) is 3.27. The largest absolute Gasteiger partial charge is 0.497 e. The maximum Gasteiger partial charge on any atom is 0.226 e. The van der Waals surface area contributed by atoms with Crippen LogP contribution in [0.4, 0.5) is 5.95 Å². The number of nitrogens with zero attached hydrogens (tertiary/aromatic N) is 4. The number of rotatable bonds is 4. The van der Waals surface area contributed by atoms with E-state index in [9.17, 15) is 4.79 Å². The molecule has 1 aromatic carbocycles. The van der Waals surface area contributed by atoms with Gasteiger partial charge in [-0.25, -0.2) is 4.68 Å². The smallest absolute Gasteiger partial charge is 0.226 e. The molecule has 0 saturated heterocycles. The van der Waals surface area contributed by atoms with Gasteiger partial charge in [-0.1, -0.05) is 13.8 Å². The van der Waals surface area contributed by atoms with Crippen LogP contribution in [0.1, 0.15) is 38.3 Å². The van der Waals surface area contributed by atoms with Crippen molar-refractivity contribution in [3.8, 4) is 22.9 Å². The Labute approximate surface area is 186 Å². The molecule has 8 nitrogen and oxygen atoms in total. The summed E-state index contributed by atoms with van der Waals surface area (Å²) in [5.74, 6) is 2.57. The van der Waals surface area contributed by atoms with Crippen molar-refractivity contribution in [3.05, 3.63) is 59.6 Å². The van der Waals surface area contributed by atoms with Crippen LogP contribution < -0.4 is 14.8 Å². The number of anilines is 1. The molecule has 0 spiro atoms. The molecule has 1 aliphatic carbocycles. The molecule has 1 aliphatic heterocycles. The van der Waals surface area contributed by atoms with Gasteiger partial charge in [0.25, 0.3) is 0 Å². The van der Waals surface area contributed by atoms with Crippen LogP contribution in [0.15, 0.2) is 54.0 Å². The van der Waals surface area contributed by atoms with Crippen molar-refractivity contribution in [2.45, 2.75) is 32.7 Å². The molecule has 0 bridgehead atoms. The predicted molar refractivity (Wildman–Crippen MR) is 120 cm³/mol. The second-order valence-corrected chi connectivity index (χ2v) is 8.95. The van der Waals surface area contributed by atoms with E-state index in [2.05, 4.69) is 24.1 Å². The third-order valence-corrected chi connectivity index (χ3v) is 5.96. The van der Waals surface area contributed by atoms with E-state index in [1.807, 2.05) is 24.3 Å². The van der Waals surface area contributed by atoms with Crippen molar-refractivity contribution in [2.24, 2.45) is 5.41 Å². The summed E-state index contributed by atoms with van der Waals surface area (Å²) >= 11 is 0. The fourth-order valence-corrected chi connectivity index (χ4v) is 4.52. The second kappa shape index (κ2) is 7.47. The quantitative estimate of drug-likeness (QED) is 0.667. The van der Waals surface area contributed by atoms with Gasteiger partial charge in [0.2, 0.25) is 5.95 Å².